The van der Waals surface area contributed by atoms with Gasteiger partial charge in [-0.15, -0.1) is 0 Å². The lowest BCUT2D eigenvalue weighted by atomic mass is 9.82. The van der Waals surface area contributed by atoms with Crippen LogP contribution in [0.15, 0.2) is 47.1 Å². The van der Waals surface area contributed by atoms with Gasteiger partial charge in [-0.25, -0.2) is 0 Å². The molecule has 0 bridgehead atoms. The maximum absolute atomic E-state index is 6.68. The molecular weight excluding hydrogens is 328 g/mol. The summed E-state index contributed by atoms with van der Waals surface area (Å²) in [5.41, 5.74) is 5.35. The van der Waals surface area contributed by atoms with Gasteiger partial charge >= 0.3 is 0 Å². The summed E-state index contributed by atoms with van der Waals surface area (Å²) in [7, 11) is 1.71. The Morgan fingerprint density at radius 3 is 2.77 bits per heavy atom. The average molecular weight is 352 g/mol. The van der Waals surface area contributed by atoms with E-state index in [1.807, 2.05) is 24.3 Å². The lowest BCUT2D eigenvalue weighted by Gasteiger charge is -2.51. The number of hydrogen-bond acceptors (Lipinski definition) is 5. The lowest BCUT2D eigenvalue weighted by molar-refractivity contribution is -0.156. The number of hydrazine groups is 1. The molecular formula is C21H24N2O3. The van der Waals surface area contributed by atoms with Gasteiger partial charge in [0.05, 0.1) is 25.1 Å². The first-order valence-electron chi connectivity index (χ1n) is 9.38. The van der Waals surface area contributed by atoms with Crippen molar-refractivity contribution in [2.45, 2.75) is 44.4 Å². The predicted molar refractivity (Wildman–Crippen MR) is 98.4 cm³/mol. The molecule has 136 valence electrons. The highest BCUT2D eigenvalue weighted by Gasteiger charge is 2.52. The van der Waals surface area contributed by atoms with Crippen molar-refractivity contribution in [3.8, 4) is 11.5 Å². The summed E-state index contributed by atoms with van der Waals surface area (Å²) in [4.78, 5) is 0. The minimum atomic E-state index is -0.357. The van der Waals surface area contributed by atoms with E-state index in [0.29, 0.717) is 0 Å². The van der Waals surface area contributed by atoms with E-state index in [4.69, 9.17) is 13.9 Å². The number of methoxy groups -OCH3 is 1. The monoisotopic (exact) mass is 352 g/mol. The van der Waals surface area contributed by atoms with Crippen molar-refractivity contribution >= 4 is 5.70 Å². The number of furan rings is 1. The van der Waals surface area contributed by atoms with Crippen LogP contribution in [0.4, 0.5) is 0 Å². The van der Waals surface area contributed by atoms with Crippen LogP contribution in [0.2, 0.25) is 0 Å². The third kappa shape index (κ3) is 2.27. The van der Waals surface area contributed by atoms with Crippen molar-refractivity contribution in [3.63, 3.8) is 0 Å². The van der Waals surface area contributed by atoms with Crippen molar-refractivity contribution in [1.29, 1.82) is 0 Å². The van der Waals surface area contributed by atoms with Crippen molar-refractivity contribution in [2.24, 2.45) is 5.92 Å². The minimum absolute atomic E-state index is 0.0994. The molecule has 1 unspecified atom stereocenters. The molecule has 5 rings (SSSR count). The summed E-state index contributed by atoms with van der Waals surface area (Å²) in [5.74, 6) is 3.27. The molecule has 2 aliphatic heterocycles. The van der Waals surface area contributed by atoms with Gasteiger partial charge in [-0.3, -0.25) is 0 Å². The maximum Gasteiger partial charge on any atom is 0.180 e. The molecule has 0 saturated heterocycles. The number of para-hydroxylation sites is 1. The van der Waals surface area contributed by atoms with Crippen LogP contribution in [-0.2, 0) is 0 Å². The molecule has 1 fully saturated rings. The molecule has 0 amide bonds. The van der Waals surface area contributed by atoms with Gasteiger partial charge in [0.1, 0.15) is 0 Å². The molecule has 1 N–H and O–H groups in total. The molecule has 1 atom stereocenters. The Labute approximate surface area is 153 Å². The van der Waals surface area contributed by atoms with Crippen molar-refractivity contribution in [3.05, 3.63) is 54.0 Å². The molecule has 26 heavy (non-hydrogen) atoms. The molecule has 5 heteroatoms. The fraction of sp³-hybridized carbons (Fsp3) is 0.429. The summed E-state index contributed by atoms with van der Waals surface area (Å²) in [6, 6.07) is 10.1. The lowest BCUT2D eigenvalue weighted by Crippen LogP contribution is -2.60. The van der Waals surface area contributed by atoms with E-state index >= 15 is 0 Å². The molecule has 1 aromatic heterocycles. The largest absolute Gasteiger partial charge is 0.493 e. The average Bonchev–Trinajstić information content (AvgIpc) is 3.34. The van der Waals surface area contributed by atoms with Crippen molar-refractivity contribution in [1.82, 2.24) is 10.4 Å². The number of ether oxygens (including phenoxy) is 2. The van der Waals surface area contributed by atoms with E-state index in [0.717, 1.165) is 60.1 Å². The first-order valence-corrected chi connectivity index (χ1v) is 9.38. The van der Waals surface area contributed by atoms with E-state index in [1.54, 1.807) is 13.4 Å². The zero-order valence-corrected chi connectivity index (χ0v) is 15.2. The Hall–Kier alpha value is -2.40. The van der Waals surface area contributed by atoms with E-state index in [-0.39, 0.29) is 11.8 Å². The van der Waals surface area contributed by atoms with Gasteiger partial charge in [-0.05, 0) is 43.0 Å². The Kier molecular flexibility index (Phi) is 3.54. The highest BCUT2D eigenvalue weighted by molar-refractivity contribution is 5.65. The molecule has 1 aromatic carbocycles. The van der Waals surface area contributed by atoms with E-state index in [9.17, 15) is 0 Å². The molecule has 1 aliphatic carbocycles. The fourth-order valence-corrected chi connectivity index (χ4v) is 4.45. The van der Waals surface area contributed by atoms with Crippen LogP contribution in [-0.4, -0.2) is 17.8 Å². The maximum atomic E-state index is 6.68. The second-order valence-electron chi connectivity index (χ2n) is 7.59. The van der Waals surface area contributed by atoms with Crippen LogP contribution in [0, 0.1) is 5.92 Å². The summed E-state index contributed by atoms with van der Waals surface area (Å²) in [5, 5.41) is 2.29. The van der Waals surface area contributed by atoms with Gasteiger partial charge in [0.25, 0.3) is 0 Å². The molecule has 3 heterocycles. The molecule has 2 aromatic rings. The van der Waals surface area contributed by atoms with Crippen LogP contribution in [0.1, 0.15) is 50.0 Å². The van der Waals surface area contributed by atoms with Gasteiger partial charge in [0.15, 0.2) is 23.0 Å². The number of fused-ring (bicyclic) bond motifs is 4. The highest BCUT2D eigenvalue weighted by atomic mass is 16.5. The van der Waals surface area contributed by atoms with Gasteiger partial charge < -0.3 is 19.3 Å². The number of hydrogen-bond donors (Lipinski definition) is 1. The second-order valence-corrected chi connectivity index (χ2v) is 7.59. The molecule has 1 saturated carbocycles. The standard InChI is InChI=1S/C21H24N2O3/c1-14-8-10-21(11-9-14)23-17(13-16(22-23)18-7-4-12-25-18)15-5-3-6-19(24-2)20(15)26-21/h3-7,12-14,17,22H,8-11H2,1-2H3. The highest BCUT2D eigenvalue weighted by Crippen LogP contribution is 2.52. The Balaban J connectivity index is 1.62. The summed E-state index contributed by atoms with van der Waals surface area (Å²) in [6.07, 6.45) is 8.25. The topological polar surface area (TPSA) is 46.9 Å². The molecule has 0 radical (unpaired) electrons. The molecule has 3 aliphatic rings. The Bertz CT molecular complexity index is 835. The van der Waals surface area contributed by atoms with E-state index in [1.165, 1.54) is 0 Å². The number of nitrogens with zero attached hydrogens (tertiary/aromatic N) is 1. The quantitative estimate of drug-likeness (QED) is 0.863. The zero-order chi connectivity index (χ0) is 17.7. The number of rotatable bonds is 2. The summed E-state index contributed by atoms with van der Waals surface area (Å²) >= 11 is 0. The van der Waals surface area contributed by atoms with E-state index in [2.05, 4.69) is 29.5 Å². The van der Waals surface area contributed by atoms with Gasteiger partial charge in [-0.1, -0.05) is 19.1 Å². The van der Waals surface area contributed by atoms with Gasteiger partial charge in [0.2, 0.25) is 0 Å². The van der Waals surface area contributed by atoms with Crippen molar-refractivity contribution in [2.75, 3.05) is 7.11 Å². The van der Waals surface area contributed by atoms with E-state index < -0.39 is 0 Å². The minimum Gasteiger partial charge on any atom is -0.493 e. The second kappa shape index (κ2) is 5.81. The Morgan fingerprint density at radius 1 is 1.19 bits per heavy atom. The number of benzene rings is 1. The van der Waals surface area contributed by atoms with Gasteiger partial charge in [-0.2, -0.15) is 5.01 Å². The number of nitrogens with one attached hydrogen (secondary N) is 1. The third-order valence-corrected chi connectivity index (χ3v) is 5.96. The SMILES string of the molecule is COc1cccc2c1OC1(CCC(C)CC1)N1NC(c3ccco3)=CC21. The van der Waals surface area contributed by atoms with Crippen LogP contribution in [0.25, 0.3) is 5.70 Å². The molecule has 1 spiro atoms. The van der Waals surface area contributed by atoms with Crippen LogP contribution < -0.4 is 14.9 Å². The Morgan fingerprint density at radius 2 is 2.04 bits per heavy atom. The zero-order valence-electron chi connectivity index (χ0n) is 15.2. The van der Waals surface area contributed by atoms with Gasteiger partial charge in [0, 0.05) is 18.4 Å². The summed E-state index contributed by atoms with van der Waals surface area (Å²) < 4.78 is 17.9. The normalized spacial score (nSPS) is 30.2. The third-order valence-electron chi connectivity index (χ3n) is 5.96. The first-order chi connectivity index (χ1) is 12.7. The smallest absolute Gasteiger partial charge is 0.180 e. The first kappa shape index (κ1) is 15.8. The molecule has 5 nitrogen and oxygen atoms in total. The fourth-order valence-electron chi connectivity index (χ4n) is 4.45. The summed E-state index contributed by atoms with van der Waals surface area (Å²) in [6.45, 7) is 2.33. The van der Waals surface area contributed by atoms with Crippen LogP contribution in [0.3, 0.4) is 0 Å². The van der Waals surface area contributed by atoms with Crippen LogP contribution >= 0.6 is 0 Å². The predicted octanol–water partition coefficient (Wildman–Crippen LogP) is 4.49. The van der Waals surface area contributed by atoms with Crippen molar-refractivity contribution < 1.29 is 13.9 Å². The van der Waals surface area contributed by atoms with Crippen LogP contribution in [0.5, 0.6) is 11.5 Å².